The van der Waals surface area contributed by atoms with E-state index in [0.29, 0.717) is 18.2 Å². The fourth-order valence-electron chi connectivity index (χ4n) is 3.70. The van der Waals surface area contributed by atoms with E-state index >= 15 is 0 Å². The summed E-state index contributed by atoms with van der Waals surface area (Å²) in [6.07, 6.45) is 3.41. The van der Waals surface area contributed by atoms with Gasteiger partial charge >= 0.3 is 0 Å². The van der Waals surface area contributed by atoms with Gasteiger partial charge in [0.25, 0.3) is 0 Å². The Morgan fingerprint density at radius 1 is 1.00 bits per heavy atom. The molecule has 0 atom stereocenters. The maximum absolute atomic E-state index is 13.1. The van der Waals surface area contributed by atoms with Crippen LogP contribution in [0.1, 0.15) is 25.3 Å². The summed E-state index contributed by atoms with van der Waals surface area (Å²) in [7, 11) is 0. The lowest BCUT2D eigenvalue weighted by molar-refractivity contribution is -0.128. The van der Waals surface area contributed by atoms with Crippen molar-refractivity contribution in [1.82, 2.24) is 25.1 Å². The molecule has 0 unspecified atom stereocenters. The average Bonchev–Trinajstić information content (AvgIpc) is 3.31. The molecule has 4 rings (SSSR count). The Bertz CT molecular complexity index is 1020. The van der Waals surface area contributed by atoms with Crippen molar-refractivity contribution in [2.24, 2.45) is 0 Å². The highest BCUT2D eigenvalue weighted by Gasteiger charge is 2.22. The molecule has 1 aliphatic rings. The smallest absolute Gasteiger partial charge is 0.233 e. The van der Waals surface area contributed by atoms with E-state index in [1.54, 1.807) is 16.8 Å². The van der Waals surface area contributed by atoms with Gasteiger partial charge in [0.15, 0.2) is 0 Å². The van der Waals surface area contributed by atoms with Crippen LogP contribution in [0.5, 0.6) is 0 Å². The lowest BCUT2D eigenvalue weighted by Gasteiger charge is -2.36. The van der Waals surface area contributed by atoms with E-state index in [2.05, 4.69) is 39.5 Å². The maximum atomic E-state index is 13.1. The number of nitrogens with zero attached hydrogens (tertiary/aromatic N) is 6. The third-order valence-corrected chi connectivity index (χ3v) is 6.49. The quantitative estimate of drug-likeness (QED) is 0.485. The SMILES string of the molecule is CCCCc1ccc(-n2nnnc2SCC(=O)N2CCN(c3ccc(F)cc3)CC2)cc1. The van der Waals surface area contributed by atoms with Gasteiger partial charge in [0.2, 0.25) is 11.1 Å². The largest absolute Gasteiger partial charge is 0.368 e. The number of tetrazole rings is 1. The Morgan fingerprint density at radius 3 is 2.38 bits per heavy atom. The minimum Gasteiger partial charge on any atom is -0.368 e. The molecule has 1 aliphatic heterocycles. The molecule has 0 radical (unpaired) electrons. The molecular weight excluding hydrogens is 427 g/mol. The summed E-state index contributed by atoms with van der Waals surface area (Å²) in [5.41, 5.74) is 3.17. The number of benzene rings is 2. The first-order valence-corrected chi connectivity index (χ1v) is 11.9. The van der Waals surface area contributed by atoms with Gasteiger partial charge in [-0.2, -0.15) is 4.68 Å². The van der Waals surface area contributed by atoms with Gasteiger partial charge in [0, 0.05) is 31.9 Å². The predicted molar refractivity (Wildman–Crippen MR) is 124 cm³/mol. The molecule has 3 aromatic rings. The molecule has 9 heteroatoms. The highest BCUT2D eigenvalue weighted by atomic mass is 32.2. The van der Waals surface area contributed by atoms with Crippen molar-refractivity contribution < 1.29 is 9.18 Å². The van der Waals surface area contributed by atoms with Crippen LogP contribution < -0.4 is 4.90 Å². The van der Waals surface area contributed by atoms with E-state index in [1.807, 2.05) is 17.0 Å². The van der Waals surface area contributed by atoms with Crippen molar-refractivity contribution >= 4 is 23.4 Å². The first kappa shape index (κ1) is 22.3. The highest BCUT2D eigenvalue weighted by Crippen LogP contribution is 2.21. The van der Waals surface area contributed by atoms with E-state index in [1.165, 1.54) is 42.3 Å². The number of hydrogen-bond acceptors (Lipinski definition) is 6. The number of piperazine rings is 1. The van der Waals surface area contributed by atoms with E-state index in [9.17, 15) is 9.18 Å². The van der Waals surface area contributed by atoms with Crippen molar-refractivity contribution in [3.8, 4) is 5.69 Å². The van der Waals surface area contributed by atoms with E-state index in [0.717, 1.165) is 30.9 Å². The van der Waals surface area contributed by atoms with Crippen LogP contribution in [0.15, 0.2) is 53.7 Å². The van der Waals surface area contributed by atoms with Gasteiger partial charge in [0.1, 0.15) is 5.82 Å². The van der Waals surface area contributed by atoms with Crippen LogP contribution in [-0.4, -0.2) is 62.9 Å². The zero-order valence-electron chi connectivity index (χ0n) is 18.2. The molecule has 2 heterocycles. The first-order valence-electron chi connectivity index (χ1n) is 10.9. The topological polar surface area (TPSA) is 67.2 Å². The van der Waals surface area contributed by atoms with Gasteiger partial charge in [-0.3, -0.25) is 4.79 Å². The van der Waals surface area contributed by atoms with Gasteiger partial charge in [0.05, 0.1) is 11.4 Å². The maximum Gasteiger partial charge on any atom is 0.233 e. The number of carbonyl (C=O) groups is 1. The Kier molecular flexibility index (Phi) is 7.36. The number of thioether (sulfide) groups is 1. The predicted octanol–water partition coefficient (Wildman–Crippen LogP) is 3.58. The standard InChI is InChI=1S/C23H27FN6OS/c1-2-3-4-18-5-9-21(10-6-18)30-23(25-26-27-30)32-17-22(31)29-15-13-28(14-16-29)20-11-7-19(24)8-12-20/h5-12H,2-4,13-17H2,1H3. The minimum absolute atomic E-state index is 0.0678. The normalized spacial score (nSPS) is 14.1. The second-order valence-corrected chi connectivity index (χ2v) is 8.72. The lowest BCUT2D eigenvalue weighted by Crippen LogP contribution is -2.49. The molecule has 168 valence electrons. The van der Waals surface area contributed by atoms with Crippen molar-refractivity contribution in [3.05, 3.63) is 59.9 Å². The zero-order valence-corrected chi connectivity index (χ0v) is 19.0. The molecule has 1 saturated heterocycles. The Morgan fingerprint density at radius 2 is 1.69 bits per heavy atom. The van der Waals surface area contributed by atoms with Crippen molar-refractivity contribution in [3.63, 3.8) is 0 Å². The van der Waals surface area contributed by atoms with Crippen LogP contribution in [0.25, 0.3) is 5.69 Å². The van der Waals surface area contributed by atoms with Gasteiger partial charge in [-0.1, -0.05) is 37.2 Å². The summed E-state index contributed by atoms with van der Waals surface area (Å²) in [4.78, 5) is 16.8. The van der Waals surface area contributed by atoms with Crippen LogP contribution in [0.2, 0.25) is 0 Å². The molecule has 1 aromatic heterocycles. The summed E-state index contributed by atoms with van der Waals surface area (Å²) in [6, 6.07) is 14.7. The third kappa shape index (κ3) is 5.45. The van der Waals surface area contributed by atoms with E-state index in [-0.39, 0.29) is 17.5 Å². The number of hydrogen-bond donors (Lipinski definition) is 0. The van der Waals surface area contributed by atoms with Crippen molar-refractivity contribution in [2.45, 2.75) is 31.3 Å². The third-order valence-electron chi connectivity index (χ3n) is 5.59. The van der Waals surface area contributed by atoms with Gasteiger partial charge < -0.3 is 9.80 Å². The Hall–Kier alpha value is -2.94. The monoisotopic (exact) mass is 454 g/mol. The first-order chi connectivity index (χ1) is 15.6. The molecule has 0 spiro atoms. The van der Waals surface area contributed by atoms with Crippen LogP contribution >= 0.6 is 11.8 Å². The van der Waals surface area contributed by atoms with Gasteiger partial charge in [-0.05, 0) is 65.2 Å². The average molecular weight is 455 g/mol. The number of anilines is 1. The molecule has 1 fully saturated rings. The number of halogens is 1. The summed E-state index contributed by atoms with van der Waals surface area (Å²) in [5.74, 6) is 0.110. The number of rotatable bonds is 8. The second-order valence-electron chi connectivity index (χ2n) is 7.78. The van der Waals surface area contributed by atoms with Crippen LogP contribution in [0.3, 0.4) is 0 Å². The minimum atomic E-state index is -0.241. The zero-order chi connectivity index (χ0) is 22.3. The molecule has 7 nitrogen and oxygen atoms in total. The fourth-order valence-corrected chi connectivity index (χ4v) is 4.49. The van der Waals surface area contributed by atoms with Gasteiger partial charge in [-0.25, -0.2) is 4.39 Å². The van der Waals surface area contributed by atoms with E-state index < -0.39 is 0 Å². The number of aryl methyl sites for hydroxylation is 1. The van der Waals surface area contributed by atoms with Crippen LogP contribution in [0, 0.1) is 5.82 Å². The van der Waals surface area contributed by atoms with Crippen LogP contribution in [-0.2, 0) is 11.2 Å². The number of aromatic nitrogens is 4. The lowest BCUT2D eigenvalue weighted by atomic mass is 10.1. The number of carbonyl (C=O) groups excluding carboxylic acids is 1. The summed E-state index contributed by atoms with van der Waals surface area (Å²) < 4.78 is 14.8. The summed E-state index contributed by atoms with van der Waals surface area (Å²) >= 11 is 1.35. The molecule has 0 saturated carbocycles. The molecule has 32 heavy (non-hydrogen) atoms. The van der Waals surface area contributed by atoms with Crippen molar-refractivity contribution in [1.29, 1.82) is 0 Å². The highest BCUT2D eigenvalue weighted by molar-refractivity contribution is 7.99. The molecule has 1 amide bonds. The number of amides is 1. The van der Waals surface area contributed by atoms with Gasteiger partial charge in [-0.15, -0.1) is 5.10 Å². The molecule has 0 aliphatic carbocycles. The number of unbranched alkanes of at least 4 members (excludes halogenated alkanes) is 1. The summed E-state index contributed by atoms with van der Waals surface area (Å²) in [6.45, 7) is 4.92. The van der Waals surface area contributed by atoms with Crippen molar-refractivity contribution in [2.75, 3.05) is 36.8 Å². The molecular formula is C23H27FN6OS. The second kappa shape index (κ2) is 10.6. The van der Waals surface area contributed by atoms with Crippen LogP contribution in [0.4, 0.5) is 10.1 Å². The van der Waals surface area contributed by atoms with E-state index in [4.69, 9.17) is 0 Å². The molecule has 0 N–H and O–H groups in total. The molecule has 0 bridgehead atoms. The Labute approximate surface area is 191 Å². The fraction of sp³-hybridized carbons (Fsp3) is 0.391. The Balaban J connectivity index is 1.30. The molecule has 2 aromatic carbocycles. The summed E-state index contributed by atoms with van der Waals surface area (Å²) in [5, 5.41) is 12.6.